The zero-order chi connectivity index (χ0) is 32.0. The second kappa shape index (κ2) is 14.0. The Hall–Kier alpha value is -4.63. The Morgan fingerprint density at radius 2 is 1.82 bits per heavy atom. The van der Waals surface area contributed by atoms with Crippen LogP contribution < -0.4 is 24.3 Å². The van der Waals surface area contributed by atoms with Gasteiger partial charge in [0.2, 0.25) is 0 Å². The lowest BCUT2D eigenvalue weighted by Gasteiger charge is -2.25. The minimum absolute atomic E-state index is 0.0880. The maximum atomic E-state index is 11.7. The molecule has 3 aromatic carbocycles. The summed E-state index contributed by atoms with van der Waals surface area (Å²) >= 11 is 3.60. The molecule has 4 aromatic rings. The van der Waals surface area contributed by atoms with Gasteiger partial charge in [-0.25, -0.2) is 0 Å². The van der Waals surface area contributed by atoms with Gasteiger partial charge in [0.15, 0.2) is 11.5 Å². The lowest BCUT2D eigenvalue weighted by Crippen LogP contribution is -2.52. The molecule has 1 atom stereocenters. The Balaban J connectivity index is 1.39. The Bertz CT molecular complexity index is 1760. The third kappa shape index (κ3) is 7.37. The maximum Gasteiger partial charge on any atom is 0.326 e. The largest absolute Gasteiger partial charge is 0.488 e. The van der Waals surface area contributed by atoms with Crippen molar-refractivity contribution < 1.29 is 34.0 Å². The van der Waals surface area contributed by atoms with Crippen molar-refractivity contribution in [2.45, 2.75) is 39.1 Å². The van der Waals surface area contributed by atoms with E-state index in [1.165, 1.54) is 13.1 Å². The van der Waals surface area contributed by atoms with Crippen LogP contribution in [-0.2, 0) is 24.6 Å². The summed E-state index contributed by atoms with van der Waals surface area (Å²) < 4.78 is 24.5. The molecule has 0 radical (unpaired) electrons. The maximum absolute atomic E-state index is 11.7. The van der Waals surface area contributed by atoms with Crippen LogP contribution in [0.2, 0.25) is 0 Å². The number of nitriles is 1. The number of ether oxygens (including phenoxy) is 4. The van der Waals surface area contributed by atoms with E-state index in [0.29, 0.717) is 45.9 Å². The third-order valence-electron chi connectivity index (χ3n) is 7.57. The summed E-state index contributed by atoms with van der Waals surface area (Å²) in [4.78, 5) is 15.8. The number of hydrogen-bond acceptors (Lipinski definition) is 9. The molecule has 45 heavy (non-hydrogen) atoms. The average molecular weight is 675 g/mol. The van der Waals surface area contributed by atoms with Crippen LogP contribution in [0, 0.1) is 18.3 Å². The van der Waals surface area contributed by atoms with Gasteiger partial charge in [-0.3, -0.25) is 15.1 Å². The molecule has 2 heterocycles. The molecule has 0 saturated carbocycles. The number of carboxylic acid groups (broad SMARTS) is 1. The van der Waals surface area contributed by atoms with Crippen LogP contribution in [0.25, 0.3) is 11.1 Å². The number of halogens is 1. The number of fused-ring (bicyclic) bond motifs is 1. The van der Waals surface area contributed by atoms with Gasteiger partial charge in [0.05, 0.1) is 16.6 Å². The van der Waals surface area contributed by atoms with Crippen LogP contribution in [0.3, 0.4) is 0 Å². The van der Waals surface area contributed by atoms with Gasteiger partial charge < -0.3 is 29.2 Å². The zero-order valence-electron chi connectivity index (χ0n) is 24.8. The predicted octanol–water partition coefficient (Wildman–Crippen LogP) is 5.55. The van der Waals surface area contributed by atoms with Crippen molar-refractivity contribution in [2.75, 3.05) is 19.8 Å². The average Bonchev–Trinajstić information content (AvgIpc) is 3.06. The van der Waals surface area contributed by atoms with Crippen LogP contribution in [-0.4, -0.2) is 46.5 Å². The number of hydrogen-bond donors (Lipinski definition) is 3. The predicted molar refractivity (Wildman–Crippen MR) is 169 cm³/mol. The molecule has 5 rings (SSSR count). The molecule has 1 unspecified atom stereocenters. The molecule has 11 heteroatoms. The number of nitrogens with zero attached hydrogens (tertiary/aromatic N) is 2. The van der Waals surface area contributed by atoms with Crippen molar-refractivity contribution in [1.29, 1.82) is 5.26 Å². The van der Waals surface area contributed by atoms with Gasteiger partial charge in [0.25, 0.3) is 0 Å². The number of pyridine rings is 1. The van der Waals surface area contributed by atoms with E-state index in [-0.39, 0.29) is 19.8 Å². The van der Waals surface area contributed by atoms with Crippen molar-refractivity contribution in [3.05, 3.63) is 99.3 Å². The summed E-state index contributed by atoms with van der Waals surface area (Å²) in [6.07, 6.45) is 3.08. The number of benzene rings is 3. The highest BCUT2D eigenvalue weighted by molar-refractivity contribution is 9.10. The van der Waals surface area contributed by atoms with Gasteiger partial charge >= 0.3 is 5.97 Å². The van der Waals surface area contributed by atoms with Crippen molar-refractivity contribution in [1.82, 2.24) is 10.3 Å². The topological polar surface area (TPSA) is 143 Å². The summed E-state index contributed by atoms with van der Waals surface area (Å²) in [6, 6.07) is 19.3. The highest BCUT2D eigenvalue weighted by atomic mass is 79.9. The van der Waals surface area contributed by atoms with E-state index in [0.717, 1.165) is 33.8 Å². The third-order valence-corrected chi connectivity index (χ3v) is 8.19. The first kappa shape index (κ1) is 31.8. The van der Waals surface area contributed by atoms with E-state index in [4.69, 9.17) is 18.9 Å². The van der Waals surface area contributed by atoms with E-state index in [9.17, 15) is 20.3 Å². The molecule has 1 aliphatic rings. The molecule has 0 fully saturated rings. The van der Waals surface area contributed by atoms with E-state index < -0.39 is 18.1 Å². The summed E-state index contributed by atoms with van der Waals surface area (Å²) in [6.45, 7) is 4.38. The molecule has 3 N–H and O–H groups in total. The normalized spacial score (nSPS) is 13.4. The van der Waals surface area contributed by atoms with Crippen molar-refractivity contribution in [3.8, 4) is 40.2 Å². The minimum atomic E-state index is -1.55. The number of rotatable bonds is 12. The Kier molecular flexibility index (Phi) is 9.88. The SMILES string of the molecule is Cc1c(COc2cc(OCc3cncc(C#N)c3)c(CNC(C)(CO)C(=O)O)cc2Br)cccc1-c1ccc2c(c1)OCCO2. The highest BCUT2D eigenvalue weighted by Gasteiger charge is 2.32. The molecule has 0 amide bonds. The summed E-state index contributed by atoms with van der Waals surface area (Å²) in [5.74, 6) is 1.24. The number of nitrogens with one attached hydrogen (secondary N) is 1. The number of aromatic nitrogens is 1. The number of aliphatic carboxylic acids is 1. The fraction of sp³-hybridized carbons (Fsp3) is 0.265. The van der Waals surface area contributed by atoms with Crippen LogP contribution >= 0.6 is 15.9 Å². The summed E-state index contributed by atoms with van der Waals surface area (Å²) in [7, 11) is 0. The molecule has 10 nitrogen and oxygen atoms in total. The second-order valence-corrected chi connectivity index (χ2v) is 11.6. The molecular weight excluding hydrogens is 642 g/mol. The summed E-state index contributed by atoms with van der Waals surface area (Å²) in [5.41, 5.74) is 4.30. The summed E-state index contributed by atoms with van der Waals surface area (Å²) in [5, 5.41) is 31.4. The first-order chi connectivity index (χ1) is 21.7. The van der Waals surface area contributed by atoms with Crippen molar-refractivity contribution in [2.24, 2.45) is 0 Å². The number of carbonyl (C=O) groups is 1. The van der Waals surface area contributed by atoms with E-state index in [1.807, 2.05) is 37.3 Å². The lowest BCUT2D eigenvalue weighted by atomic mass is 9.96. The fourth-order valence-electron chi connectivity index (χ4n) is 4.76. The zero-order valence-corrected chi connectivity index (χ0v) is 26.4. The Morgan fingerprint density at radius 1 is 1.04 bits per heavy atom. The fourth-order valence-corrected chi connectivity index (χ4v) is 5.26. The van der Waals surface area contributed by atoms with Gasteiger partial charge in [-0.15, -0.1) is 0 Å². The van der Waals surface area contributed by atoms with Crippen molar-refractivity contribution in [3.63, 3.8) is 0 Å². The molecular formula is C34H32BrN3O7. The van der Waals surface area contributed by atoms with Crippen molar-refractivity contribution >= 4 is 21.9 Å². The smallest absolute Gasteiger partial charge is 0.326 e. The molecule has 1 aliphatic heterocycles. The molecule has 0 aliphatic carbocycles. The highest BCUT2D eigenvalue weighted by Crippen LogP contribution is 2.37. The number of aliphatic hydroxyl groups excluding tert-OH is 1. The molecule has 0 bridgehead atoms. The lowest BCUT2D eigenvalue weighted by molar-refractivity contribution is -0.145. The minimum Gasteiger partial charge on any atom is -0.488 e. The molecule has 0 saturated heterocycles. The first-order valence-corrected chi connectivity index (χ1v) is 15.0. The Labute approximate surface area is 269 Å². The first-order valence-electron chi connectivity index (χ1n) is 14.2. The van der Waals surface area contributed by atoms with Gasteiger partial charge in [-0.05, 0) is 76.3 Å². The van der Waals surface area contributed by atoms with Crippen LogP contribution in [0.5, 0.6) is 23.0 Å². The second-order valence-electron chi connectivity index (χ2n) is 10.8. The van der Waals surface area contributed by atoms with Gasteiger partial charge in [0.1, 0.15) is 49.5 Å². The molecule has 0 spiro atoms. The molecule has 232 valence electrons. The van der Waals surface area contributed by atoms with E-state index in [2.05, 4.69) is 38.4 Å². The van der Waals surface area contributed by atoms with E-state index in [1.54, 1.807) is 24.4 Å². The van der Waals surface area contributed by atoms with Gasteiger partial charge in [-0.2, -0.15) is 5.26 Å². The van der Waals surface area contributed by atoms with Gasteiger partial charge in [0, 0.05) is 36.1 Å². The van der Waals surface area contributed by atoms with Gasteiger partial charge in [-0.1, -0.05) is 24.3 Å². The van der Waals surface area contributed by atoms with Crippen LogP contribution in [0.4, 0.5) is 0 Å². The Morgan fingerprint density at radius 3 is 2.58 bits per heavy atom. The van der Waals surface area contributed by atoms with Crippen LogP contribution in [0.1, 0.15) is 34.7 Å². The quantitative estimate of drug-likeness (QED) is 0.175. The number of aliphatic hydroxyl groups is 1. The standard InChI is InChI=1S/C34H32BrN3O7/c1-21-25(4-3-5-27(21)24-6-7-29-32(12-24)43-9-8-42-29)19-45-31-13-30(44-18-23-10-22(14-36)15-37-16-23)26(11-28(31)35)17-38-34(2,20-39)33(40)41/h3-7,10-13,15-16,38-39H,8-9,17-20H2,1-2H3,(H,40,41). The van der Waals surface area contributed by atoms with E-state index >= 15 is 0 Å². The molecule has 1 aromatic heterocycles. The monoisotopic (exact) mass is 673 g/mol. The number of carboxylic acids is 1. The van der Waals surface area contributed by atoms with Crippen LogP contribution in [0.15, 0.2) is 71.5 Å².